The van der Waals surface area contributed by atoms with Crippen molar-refractivity contribution in [1.29, 1.82) is 0 Å². The molecule has 1 aliphatic carbocycles. The van der Waals surface area contributed by atoms with Crippen LogP contribution in [-0.4, -0.2) is 15.6 Å². The van der Waals surface area contributed by atoms with Crippen molar-refractivity contribution in [3.63, 3.8) is 0 Å². The fourth-order valence-electron chi connectivity index (χ4n) is 2.17. The Labute approximate surface area is 83.4 Å². The lowest BCUT2D eigenvalue weighted by atomic mass is 10.2. The quantitative estimate of drug-likeness (QED) is 0.783. The van der Waals surface area contributed by atoms with Crippen LogP contribution in [0.5, 0.6) is 0 Å². The topological polar surface area (TPSA) is 42.2 Å². The third-order valence-corrected chi connectivity index (χ3v) is 3.11. The van der Waals surface area contributed by atoms with Crippen molar-refractivity contribution >= 4 is 5.97 Å². The standard InChI is InChI=1S/C11H15NO2/c1-6-4-10(6)12-7(2)5-9(8(12)3)11(13)14/h5-6,10H,4H2,1-3H3,(H,13,14). The first kappa shape index (κ1) is 9.31. The molecule has 0 amide bonds. The van der Waals surface area contributed by atoms with Crippen molar-refractivity contribution in [2.75, 3.05) is 0 Å². The Hall–Kier alpha value is -1.25. The summed E-state index contributed by atoms with van der Waals surface area (Å²) in [5, 5.41) is 8.96. The highest BCUT2D eigenvalue weighted by molar-refractivity contribution is 5.89. The van der Waals surface area contributed by atoms with E-state index in [1.54, 1.807) is 6.07 Å². The lowest BCUT2D eigenvalue weighted by Gasteiger charge is -2.07. The van der Waals surface area contributed by atoms with Crippen LogP contribution in [-0.2, 0) is 0 Å². The third-order valence-electron chi connectivity index (χ3n) is 3.11. The zero-order valence-electron chi connectivity index (χ0n) is 8.74. The van der Waals surface area contributed by atoms with Crippen LogP contribution in [0.1, 0.15) is 41.1 Å². The van der Waals surface area contributed by atoms with Gasteiger partial charge in [0.05, 0.1) is 5.56 Å². The molecular weight excluding hydrogens is 178 g/mol. The fraction of sp³-hybridized carbons (Fsp3) is 0.545. The summed E-state index contributed by atoms with van der Waals surface area (Å²) in [6.45, 7) is 6.07. The molecule has 76 valence electrons. The summed E-state index contributed by atoms with van der Waals surface area (Å²) in [5.41, 5.74) is 2.40. The number of hydrogen-bond donors (Lipinski definition) is 1. The van der Waals surface area contributed by atoms with Crippen LogP contribution in [0.3, 0.4) is 0 Å². The van der Waals surface area contributed by atoms with Crippen LogP contribution >= 0.6 is 0 Å². The number of aromatic nitrogens is 1. The van der Waals surface area contributed by atoms with E-state index in [2.05, 4.69) is 11.5 Å². The number of rotatable bonds is 2. The number of aryl methyl sites for hydroxylation is 1. The van der Waals surface area contributed by atoms with Crippen molar-refractivity contribution in [1.82, 2.24) is 4.57 Å². The molecule has 3 heteroatoms. The largest absolute Gasteiger partial charge is 0.478 e. The number of carboxylic acid groups (broad SMARTS) is 1. The van der Waals surface area contributed by atoms with Gasteiger partial charge < -0.3 is 9.67 Å². The maximum Gasteiger partial charge on any atom is 0.337 e. The zero-order chi connectivity index (χ0) is 10.5. The molecule has 2 unspecified atom stereocenters. The Morgan fingerprint density at radius 1 is 1.57 bits per heavy atom. The monoisotopic (exact) mass is 193 g/mol. The fourth-order valence-corrected chi connectivity index (χ4v) is 2.17. The van der Waals surface area contributed by atoms with Gasteiger partial charge in [-0.15, -0.1) is 0 Å². The molecule has 1 saturated carbocycles. The van der Waals surface area contributed by atoms with E-state index in [1.807, 2.05) is 13.8 Å². The van der Waals surface area contributed by atoms with Crippen LogP contribution in [0.4, 0.5) is 0 Å². The highest BCUT2D eigenvalue weighted by Gasteiger charge is 2.36. The van der Waals surface area contributed by atoms with E-state index < -0.39 is 5.97 Å². The summed E-state index contributed by atoms with van der Waals surface area (Å²) in [4.78, 5) is 10.9. The molecule has 0 aromatic carbocycles. The first-order valence-corrected chi connectivity index (χ1v) is 4.94. The van der Waals surface area contributed by atoms with Crippen molar-refractivity contribution in [2.45, 2.75) is 33.2 Å². The second-order valence-electron chi connectivity index (χ2n) is 4.24. The molecule has 1 heterocycles. The number of aromatic carboxylic acids is 1. The highest BCUT2D eigenvalue weighted by Crippen LogP contribution is 2.44. The summed E-state index contributed by atoms with van der Waals surface area (Å²) in [6, 6.07) is 2.30. The van der Waals surface area contributed by atoms with E-state index in [0.29, 0.717) is 17.5 Å². The van der Waals surface area contributed by atoms with Gasteiger partial charge in [0, 0.05) is 17.4 Å². The molecule has 1 fully saturated rings. The van der Waals surface area contributed by atoms with Gasteiger partial charge in [-0.3, -0.25) is 0 Å². The first-order valence-electron chi connectivity index (χ1n) is 4.94. The van der Waals surface area contributed by atoms with E-state index in [-0.39, 0.29) is 0 Å². The summed E-state index contributed by atoms with van der Waals surface area (Å²) < 4.78 is 2.16. The first-order chi connectivity index (χ1) is 6.52. The van der Waals surface area contributed by atoms with Crippen LogP contribution in [0.25, 0.3) is 0 Å². The Balaban J connectivity index is 2.45. The van der Waals surface area contributed by atoms with Gasteiger partial charge in [0.2, 0.25) is 0 Å². The average Bonchev–Trinajstić information content (AvgIpc) is 2.69. The number of nitrogens with zero attached hydrogens (tertiary/aromatic N) is 1. The molecule has 3 nitrogen and oxygen atoms in total. The molecule has 1 N–H and O–H groups in total. The van der Waals surface area contributed by atoms with Gasteiger partial charge in [-0.05, 0) is 32.3 Å². The molecule has 1 aliphatic rings. The van der Waals surface area contributed by atoms with E-state index >= 15 is 0 Å². The molecule has 1 aromatic rings. The minimum Gasteiger partial charge on any atom is -0.478 e. The summed E-state index contributed by atoms with van der Waals surface area (Å²) in [6.07, 6.45) is 1.18. The zero-order valence-corrected chi connectivity index (χ0v) is 8.74. The van der Waals surface area contributed by atoms with Crippen LogP contribution in [0.2, 0.25) is 0 Å². The van der Waals surface area contributed by atoms with Crippen molar-refractivity contribution < 1.29 is 9.90 Å². The predicted molar refractivity (Wildman–Crippen MR) is 53.7 cm³/mol. The van der Waals surface area contributed by atoms with E-state index in [4.69, 9.17) is 5.11 Å². The van der Waals surface area contributed by atoms with Gasteiger partial charge in [-0.2, -0.15) is 0 Å². The molecule has 2 atom stereocenters. The van der Waals surface area contributed by atoms with Crippen molar-refractivity contribution in [2.24, 2.45) is 5.92 Å². The number of hydrogen-bond acceptors (Lipinski definition) is 1. The number of carbonyl (C=O) groups is 1. The normalized spacial score (nSPS) is 25.1. The van der Waals surface area contributed by atoms with Gasteiger partial charge in [-0.1, -0.05) is 6.92 Å². The smallest absolute Gasteiger partial charge is 0.337 e. The Morgan fingerprint density at radius 3 is 2.50 bits per heavy atom. The molecule has 0 bridgehead atoms. The van der Waals surface area contributed by atoms with Gasteiger partial charge >= 0.3 is 5.97 Å². The van der Waals surface area contributed by atoms with E-state index in [0.717, 1.165) is 11.4 Å². The summed E-state index contributed by atoms with van der Waals surface area (Å²) in [5.74, 6) is -0.126. The Kier molecular flexibility index (Phi) is 1.91. The van der Waals surface area contributed by atoms with E-state index in [9.17, 15) is 4.79 Å². The van der Waals surface area contributed by atoms with Crippen LogP contribution in [0, 0.1) is 19.8 Å². The summed E-state index contributed by atoms with van der Waals surface area (Å²) >= 11 is 0. The molecule has 0 radical (unpaired) electrons. The van der Waals surface area contributed by atoms with Crippen molar-refractivity contribution in [3.05, 3.63) is 23.0 Å². The second kappa shape index (κ2) is 2.87. The van der Waals surface area contributed by atoms with Gasteiger partial charge in [0.25, 0.3) is 0 Å². The van der Waals surface area contributed by atoms with Gasteiger partial charge in [0.1, 0.15) is 0 Å². The third kappa shape index (κ3) is 1.24. The van der Waals surface area contributed by atoms with Crippen LogP contribution in [0.15, 0.2) is 6.07 Å². The second-order valence-corrected chi connectivity index (χ2v) is 4.24. The molecule has 0 aliphatic heterocycles. The Bertz CT molecular complexity index is 392. The number of carboxylic acids is 1. The van der Waals surface area contributed by atoms with Gasteiger partial charge in [0.15, 0.2) is 0 Å². The molecule has 0 spiro atoms. The maximum absolute atomic E-state index is 10.9. The molecular formula is C11H15NO2. The lowest BCUT2D eigenvalue weighted by molar-refractivity contribution is 0.0696. The maximum atomic E-state index is 10.9. The molecule has 14 heavy (non-hydrogen) atoms. The summed E-state index contributed by atoms with van der Waals surface area (Å²) in [7, 11) is 0. The minimum atomic E-state index is -0.822. The Morgan fingerprint density at radius 2 is 2.14 bits per heavy atom. The lowest BCUT2D eigenvalue weighted by Crippen LogP contribution is -2.03. The average molecular weight is 193 g/mol. The van der Waals surface area contributed by atoms with Crippen LogP contribution < -0.4 is 0 Å². The molecule has 1 aromatic heterocycles. The minimum absolute atomic E-state index is 0.446. The SMILES string of the molecule is Cc1cc(C(=O)O)c(C)n1C1CC1C. The molecule has 0 saturated heterocycles. The van der Waals surface area contributed by atoms with Gasteiger partial charge in [-0.25, -0.2) is 4.79 Å². The van der Waals surface area contributed by atoms with E-state index in [1.165, 1.54) is 6.42 Å². The highest BCUT2D eigenvalue weighted by atomic mass is 16.4. The molecule has 2 rings (SSSR count). The van der Waals surface area contributed by atoms with Crippen molar-refractivity contribution in [3.8, 4) is 0 Å². The predicted octanol–water partition coefficient (Wildman–Crippen LogP) is 2.38.